The molecule has 2 N–H and O–H groups in total. The molecule has 1 aromatic carbocycles. The molecule has 1 unspecified atom stereocenters. The number of carbonyl (C=O) groups excluding carboxylic acids is 1. The van der Waals surface area contributed by atoms with Crippen molar-refractivity contribution in [2.45, 2.75) is 6.04 Å². The van der Waals surface area contributed by atoms with Crippen LogP contribution in [0.15, 0.2) is 41.8 Å². The van der Waals surface area contributed by atoms with Crippen LogP contribution in [0.1, 0.15) is 21.3 Å². The van der Waals surface area contributed by atoms with Crippen LogP contribution >= 0.6 is 33.9 Å². The molecule has 1 aromatic heterocycles. The average Bonchev–Trinajstić information content (AvgIpc) is 2.89. The molecule has 6 heteroatoms. The number of carbonyl (C=O) groups is 2. The molecule has 4 nitrogen and oxygen atoms in total. The minimum absolute atomic E-state index is 0.384. The highest BCUT2D eigenvalue weighted by molar-refractivity contribution is 14.1. The fraction of sp³-hybridized carbons (Fsp3) is 0.0769. The minimum Gasteiger partial charge on any atom is -0.479 e. The van der Waals surface area contributed by atoms with Crippen molar-refractivity contribution in [3.05, 3.63) is 55.8 Å². The van der Waals surface area contributed by atoms with Crippen LogP contribution < -0.4 is 5.32 Å². The summed E-state index contributed by atoms with van der Waals surface area (Å²) in [5.74, 6) is -1.45. The van der Waals surface area contributed by atoms with Gasteiger partial charge in [0.15, 0.2) is 6.04 Å². The molecule has 0 saturated carbocycles. The van der Waals surface area contributed by atoms with E-state index in [2.05, 4.69) is 5.32 Å². The number of aliphatic carboxylic acids is 1. The number of benzene rings is 1. The molecular formula is C13H10INO3S. The van der Waals surface area contributed by atoms with E-state index in [1.807, 2.05) is 28.7 Å². The Hall–Kier alpha value is -1.41. The van der Waals surface area contributed by atoms with E-state index in [0.717, 1.165) is 3.57 Å². The second kappa shape index (κ2) is 6.16. The molecule has 19 heavy (non-hydrogen) atoms. The predicted octanol–water partition coefficient (Wildman–Crippen LogP) is 2.91. The lowest BCUT2D eigenvalue weighted by Crippen LogP contribution is -2.33. The Morgan fingerprint density at radius 1 is 1.21 bits per heavy atom. The van der Waals surface area contributed by atoms with Crippen LogP contribution in [0.2, 0.25) is 0 Å². The van der Waals surface area contributed by atoms with Gasteiger partial charge >= 0.3 is 5.97 Å². The van der Waals surface area contributed by atoms with Crippen LogP contribution in [0.3, 0.4) is 0 Å². The largest absolute Gasteiger partial charge is 0.479 e. The van der Waals surface area contributed by atoms with Gasteiger partial charge in [0.2, 0.25) is 0 Å². The monoisotopic (exact) mass is 387 g/mol. The third kappa shape index (κ3) is 3.32. The van der Waals surface area contributed by atoms with Gasteiger partial charge in [0, 0.05) is 8.45 Å². The van der Waals surface area contributed by atoms with Crippen molar-refractivity contribution >= 4 is 45.8 Å². The first-order valence-electron chi connectivity index (χ1n) is 5.41. The molecule has 2 aromatic rings. The summed E-state index contributed by atoms with van der Waals surface area (Å²) < 4.78 is 0.785. The summed E-state index contributed by atoms with van der Waals surface area (Å²) in [5, 5.41) is 13.5. The van der Waals surface area contributed by atoms with Crippen molar-refractivity contribution in [2.24, 2.45) is 0 Å². The third-order valence-electron chi connectivity index (χ3n) is 2.47. The van der Waals surface area contributed by atoms with Gasteiger partial charge in [-0.3, -0.25) is 4.79 Å². The first-order chi connectivity index (χ1) is 9.09. The zero-order valence-corrected chi connectivity index (χ0v) is 12.6. The van der Waals surface area contributed by atoms with Gasteiger partial charge in [0.25, 0.3) is 5.91 Å². The molecule has 1 heterocycles. The third-order valence-corrected chi connectivity index (χ3v) is 4.35. The number of halogens is 1. The van der Waals surface area contributed by atoms with Gasteiger partial charge in [-0.05, 0) is 46.2 Å². The van der Waals surface area contributed by atoms with E-state index in [1.165, 1.54) is 11.3 Å². The molecule has 0 aliphatic heterocycles. The molecule has 0 spiro atoms. The molecule has 0 aliphatic rings. The maximum Gasteiger partial charge on any atom is 0.331 e. The summed E-state index contributed by atoms with van der Waals surface area (Å²) in [4.78, 5) is 23.9. The van der Waals surface area contributed by atoms with E-state index < -0.39 is 12.0 Å². The van der Waals surface area contributed by atoms with E-state index in [-0.39, 0.29) is 5.91 Å². The van der Waals surface area contributed by atoms with E-state index in [9.17, 15) is 14.7 Å². The van der Waals surface area contributed by atoms with E-state index in [1.54, 1.807) is 35.7 Å². The van der Waals surface area contributed by atoms with Gasteiger partial charge < -0.3 is 10.4 Å². The van der Waals surface area contributed by atoms with Crippen LogP contribution in [0, 0.1) is 3.57 Å². The molecular weight excluding hydrogens is 377 g/mol. The van der Waals surface area contributed by atoms with Crippen molar-refractivity contribution in [2.75, 3.05) is 0 Å². The molecule has 2 rings (SSSR count). The quantitative estimate of drug-likeness (QED) is 0.793. The Morgan fingerprint density at radius 2 is 1.95 bits per heavy atom. The number of rotatable bonds is 4. The number of hydrogen-bond acceptors (Lipinski definition) is 3. The molecule has 0 bridgehead atoms. The van der Waals surface area contributed by atoms with Crippen LogP contribution in [0.5, 0.6) is 0 Å². The Labute approximate surface area is 127 Å². The molecule has 1 amide bonds. The van der Waals surface area contributed by atoms with E-state index in [0.29, 0.717) is 10.4 Å². The molecule has 0 aliphatic carbocycles. The zero-order valence-electron chi connectivity index (χ0n) is 9.67. The minimum atomic E-state index is -1.07. The number of amides is 1. The molecule has 1 atom stereocenters. The first kappa shape index (κ1) is 14.0. The fourth-order valence-electron chi connectivity index (χ4n) is 1.56. The van der Waals surface area contributed by atoms with E-state index in [4.69, 9.17) is 0 Å². The van der Waals surface area contributed by atoms with Crippen LogP contribution in [-0.4, -0.2) is 17.0 Å². The summed E-state index contributed by atoms with van der Waals surface area (Å²) in [6.45, 7) is 0. The lowest BCUT2D eigenvalue weighted by Gasteiger charge is -2.13. The standard InChI is InChI=1S/C13H10INO3S/c14-9-5-2-1-4-8(9)12(16)15-11(13(17)18)10-6-3-7-19-10/h1-7,11H,(H,15,16)(H,17,18). The lowest BCUT2D eigenvalue weighted by atomic mass is 10.2. The van der Waals surface area contributed by atoms with Crippen LogP contribution in [0.4, 0.5) is 0 Å². The Balaban J connectivity index is 2.21. The summed E-state index contributed by atoms with van der Waals surface area (Å²) in [5.41, 5.74) is 0.478. The van der Waals surface area contributed by atoms with E-state index >= 15 is 0 Å². The van der Waals surface area contributed by atoms with Gasteiger partial charge in [0.05, 0.1) is 5.56 Å². The normalized spacial score (nSPS) is 11.8. The fourth-order valence-corrected chi connectivity index (χ4v) is 2.96. The highest BCUT2D eigenvalue weighted by atomic mass is 127. The van der Waals surface area contributed by atoms with Crippen molar-refractivity contribution in [1.29, 1.82) is 0 Å². The number of carboxylic acids is 1. The highest BCUT2D eigenvalue weighted by Crippen LogP contribution is 2.20. The molecule has 0 saturated heterocycles. The molecule has 98 valence electrons. The first-order valence-corrected chi connectivity index (χ1v) is 7.37. The number of nitrogens with one attached hydrogen (secondary N) is 1. The Kier molecular flexibility index (Phi) is 4.54. The van der Waals surface area contributed by atoms with Crippen molar-refractivity contribution in [3.63, 3.8) is 0 Å². The predicted molar refractivity (Wildman–Crippen MR) is 81.3 cm³/mol. The topological polar surface area (TPSA) is 66.4 Å². The second-order valence-corrected chi connectivity index (χ2v) is 5.88. The maximum atomic E-state index is 12.1. The van der Waals surface area contributed by atoms with Crippen LogP contribution in [-0.2, 0) is 4.79 Å². The maximum absolute atomic E-state index is 12.1. The van der Waals surface area contributed by atoms with Crippen LogP contribution in [0.25, 0.3) is 0 Å². The zero-order chi connectivity index (χ0) is 13.8. The van der Waals surface area contributed by atoms with Crippen molar-refractivity contribution in [1.82, 2.24) is 5.32 Å². The van der Waals surface area contributed by atoms with Gasteiger partial charge in [-0.25, -0.2) is 4.79 Å². The van der Waals surface area contributed by atoms with Gasteiger partial charge in [-0.15, -0.1) is 11.3 Å². The number of hydrogen-bond donors (Lipinski definition) is 2. The molecule has 0 fully saturated rings. The van der Waals surface area contributed by atoms with Gasteiger partial charge in [-0.1, -0.05) is 18.2 Å². The summed E-state index contributed by atoms with van der Waals surface area (Å²) in [6, 6.07) is 9.49. The van der Waals surface area contributed by atoms with Crippen molar-refractivity contribution in [3.8, 4) is 0 Å². The van der Waals surface area contributed by atoms with Gasteiger partial charge in [0.1, 0.15) is 0 Å². The van der Waals surface area contributed by atoms with Gasteiger partial charge in [-0.2, -0.15) is 0 Å². The lowest BCUT2D eigenvalue weighted by molar-refractivity contribution is -0.139. The van der Waals surface area contributed by atoms with Crippen molar-refractivity contribution < 1.29 is 14.7 Å². The summed E-state index contributed by atoms with van der Waals surface area (Å²) in [6.07, 6.45) is 0. The molecule has 0 radical (unpaired) electrons. The number of thiophene rings is 1. The summed E-state index contributed by atoms with van der Waals surface area (Å²) in [7, 11) is 0. The second-order valence-electron chi connectivity index (χ2n) is 3.74. The Bertz CT molecular complexity index is 598. The SMILES string of the molecule is O=C(NC(C(=O)O)c1cccs1)c1ccccc1I. The average molecular weight is 387 g/mol. The summed E-state index contributed by atoms with van der Waals surface area (Å²) >= 11 is 3.35. The Morgan fingerprint density at radius 3 is 2.53 bits per heavy atom. The highest BCUT2D eigenvalue weighted by Gasteiger charge is 2.24. The number of carboxylic acid groups (broad SMARTS) is 1. The smallest absolute Gasteiger partial charge is 0.331 e.